The second-order valence-electron chi connectivity index (χ2n) is 4.25. The van der Waals surface area contributed by atoms with E-state index in [1.165, 1.54) is 12.1 Å². The van der Waals surface area contributed by atoms with E-state index in [2.05, 4.69) is 15.9 Å². The van der Waals surface area contributed by atoms with Crippen LogP contribution < -0.4 is 5.43 Å². The summed E-state index contributed by atoms with van der Waals surface area (Å²) in [6, 6.07) is 11.3. The van der Waals surface area contributed by atoms with Gasteiger partial charge >= 0.3 is 0 Å². The average molecular weight is 352 g/mol. The third kappa shape index (κ3) is 2.21. The van der Waals surface area contributed by atoms with E-state index < -0.39 is 0 Å². The summed E-state index contributed by atoms with van der Waals surface area (Å²) in [4.78, 5) is 12.1. The Labute approximate surface area is 127 Å². The fourth-order valence-corrected chi connectivity index (χ4v) is 2.55. The minimum absolute atomic E-state index is 0.0222. The van der Waals surface area contributed by atoms with Crippen molar-refractivity contribution in [3.63, 3.8) is 0 Å². The fourth-order valence-electron chi connectivity index (χ4n) is 1.99. The topological polar surface area (TPSA) is 50.4 Å². The zero-order valence-electron chi connectivity index (χ0n) is 10.1. The maximum atomic E-state index is 12.1. The standard InChI is InChI=1S/C15H8BrClO3/c16-8-4-5-9(12(18)6-8)14-7-13(19)10-2-1-3-11(17)15(10)20-14/h1-7,18H. The number of rotatable bonds is 1. The maximum Gasteiger partial charge on any atom is 0.193 e. The van der Waals surface area contributed by atoms with Gasteiger partial charge in [-0.3, -0.25) is 4.79 Å². The number of fused-ring (bicyclic) bond motifs is 1. The minimum atomic E-state index is -0.203. The Hall–Kier alpha value is -1.78. The van der Waals surface area contributed by atoms with Crippen LogP contribution in [0.2, 0.25) is 5.02 Å². The van der Waals surface area contributed by atoms with E-state index in [9.17, 15) is 9.90 Å². The summed E-state index contributed by atoms with van der Waals surface area (Å²) >= 11 is 9.31. The number of para-hydroxylation sites is 1. The number of benzene rings is 2. The molecule has 3 nitrogen and oxygen atoms in total. The zero-order chi connectivity index (χ0) is 14.3. The molecular formula is C15H8BrClO3. The predicted octanol–water partition coefficient (Wildman–Crippen LogP) is 4.58. The van der Waals surface area contributed by atoms with Crippen molar-refractivity contribution < 1.29 is 9.52 Å². The molecule has 0 atom stereocenters. The highest BCUT2D eigenvalue weighted by molar-refractivity contribution is 9.10. The van der Waals surface area contributed by atoms with Crippen molar-refractivity contribution in [2.45, 2.75) is 0 Å². The van der Waals surface area contributed by atoms with Crippen LogP contribution in [0.25, 0.3) is 22.3 Å². The van der Waals surface area contributed by atoms with Crippen LogP contribution >= 0.6 is 27.5 Å². The molecule has 5 heteroatoms. The van der Waals surface area contributed by atoms with Gasteiger partial charge in [-0.15, -0.1) is 0 Å². The molecule has 3 aromatic rings. The van der Waals surface area contributed by atoms with Crippen molar-refractivity contribution in [3.05, 3.63) is 62.2 Å². The highest BCUT2D eigenvalue weighted by atomic mass is 79.9. The lowest BCUT2D eigenvalue weighted by atomic mass is 10.1. The van der Waals surface area contributed by atoms with Crippen LogP contribution in [-0.4, -0.2) is 5.11 Å². The summed E-state index contributed by atoms with van der Waals surface area (Å²) in [6.45, 7) is 0. The normalized spacial score (nSPS) is 10.9. The lowest BCUT2D eigenvalue weighted by molar-refractivity contribution is 0.474. The van der Waals surface area contributed by atoms with Gasteiger partial charge in [-0.25, -0.2) is 0 Å². The molecule has 1 heterocycles. The molecule has 0 amide bonds. The largest absolute Gasteiger partial charge is 0.507 e. The van der Waals surface area contributed by atoms with Gasteiger partial charge in [0.05, 0.1) is 16.0 Å². The Morgan fingerprint density at radius 1 is 1.15 bits per heavy atom. The van der Waals surface area contributed by atoms with Crippen LogP contribution in [0.15, 0.2) is 56.1 Å². The average Bonchev–Trinajstić information content (AvgIpc) is 2.40. The number of halogens is 2. The first-order valence-electron chi connectivity index (χ1n) is 5.77. The molecule has 0 radical (unpaired) electrons. The maximum absolute atomic E-state index is 12.1. The predicted molar refractivity (Wildman–Crippen MR) is 82.3 cm³/mol. The lowest BCUT2D eigenvalue weighted by Gasteiger charge is -2.06. The Kier molecular flexibility index (Phi) is 3.28. The van der Waals surface area contributed by atoms with Crippen molar-refractivity contribution in [2.24, 2.45) is 0 Å². The molecule has 2 aromatic carbocycles. The van der Waals surface area contributed by atoms with Crippen LogP contribution in [0.1, 0.15) is 0 Å². The zero-order valence-corrected chi connectivity index (χ0v) is 12.4. The van der Waals surface area contributed by atoms with Gasteiger partial charge in [0.15, 0.2) is 11.0 Å². The van der Waals surface area contributed by atoms with E-state index in [0.717, 1.165) is 4.47 Å². The summed E-state index contributed by atoms with van der Waals surface area (Å²) in [6.07, 6.45) is 0. The Balaban J connectivity index is 2.32. The SMILES string of the molecule is O=c1cc(-c2ccc(Br)cc2O)oc2c(Cl)cccc12. The van der Waals surface area contributed by atoms with E-state index >= 15 is 0 Å². The van der Waals surface area contributed by atoms with Gasteiger partial charge in [0.25, 0.3) is 0 Å². The smallest absolute Gasteiger partial charge is 0.193 e. The Morgan fingerprint density at radius 2 is 1.95 bits per heavy atom. The van der Waals surface area contributed by atoms with E-state index in [4.69, 9.17) is 16.0 Å². The van der Waals surface area contributed by atoms with Crippen molar-refractivity contribution in [1.29, 1.82) is 0 Å². The van der Waals surface area contributed by atoms with Gasteiger partial charge in [0.2, 0.25) is 0 Å². The summed E-state index contributed by atoms with van der Waals surface area (Å²) in [5, 5.41) is 10.7. The molecule has 1 N–H and O–H groups in total. The first-order valence-corrected chi connectivity index (χ1v) is 6.94. The molecule has 0 aliphatic carbocycles. The molecule has 0 bridgehead atoms. The van der Waals surface area contributed by atoms with Crippen LogP contribution in [-0.2, 0) is 0 Å². The van der Waals surface area contributed by atoms with Gasteiger partial charge in [0.1, 0.15) is 11.5 Å². The molecule has 0 aliphatic heterocycles. The van der Waals surface area contributed by atoms with Gasteiger partial charge in [-0.2, -0.15) is 0 Å². The fraction of sp³-hybridized carbons (Fsp3) is 0. The number of aromatic hydroxyl groups is 1. The van der Waals surface area contributed by atoms with E-state index in [0.29, 0.717) is 21.6 Å². The molecule has 3 rings (SSSR count). The Bertz CT molecular complexity index is 871. The van der Waals surface area contributed by atoms with Gasteiger partial charge in [0, 0.05) is 10.5 Å². The third-order valence-electron chi connectivity index (χ3n) is 2.93. The summed E-state index contributed by atoms with van der Waals surface area (Å²) < 4.78 is 6.41. The van der Waals surface area contributed by atoms with Crippen LogP contribution in [0, 0.1) is 0 Å². The van der Waals surface area contributed by atoms with Crippen molar-refractivity contribution in [2.75, 3.05) is 0 Å². The molecule has 0 saturated carbocycles. The highest BCUT2D eigenvalue weighted by Gasteiger charge is 2.12. The molecule has 0 aliphatic rings. The molecular weight excluding hydrogens is 344 g/mol. The Morgan fingerprint density at radius 3 is 2.70 bits per heavy atom. The minimum Gasteiger partial charge on any atom is -0.507 e. The van der Waals surface area contributed by atoms with Crippen LogP contribution in [0.3, 0.4) is 0 Å². The monoisotopic (exact) mass is 350 g/mol. The number of hydrogen-bond acceptors (Lipinski definition) is 3. The van der Waals surface area contributed by atoms with E-state index in [1.54, 1.807) is 30.3 Å². The highest BCUT2D eigenvalue weighted by Crippen LogP contribution is 2.33. The van der Waals surface area contributed by atoms with Gasteiger partial charge in [-0.05, 0) is 30.3 Å². The van der Waals surface area contributed by atoms with Crippen molar-refractivity contribution in [1.82, 2.24) is 0 Å². The molecule has 0 unspecified atom stereocenters. The summed E-state index contributed by atoms with van der Waals surface area (Å²) in [5.74, 6) is 0.300. The quantitative estimate of drug-likeness (QED) is 0.698. The second-order valence-corrected chi connectivity index (χ2v) is 5.58. The van der Waals surface area contributed by atoms with E-state index in [1.807, 2.05) is 0 Å². The van der Waals surface area contributed by atoms with Gasteiger partial charge in [-0.1, -0.05) is 33.6 Å². The number of hydrogen-bond donors (Lipinski definition) is 1. The van der Waals surface area contributed by atoms with Gasteiger partial charge < -0.3 is 9.52 Å². The van der Waals surface area contributed by atoms with Crippen molar-refractivity contribution >= 4 is 38.5 Å². The second kappa shape index (κ2) is 4.96. The summed E-state index contributed by atoms with van der Waals surface area (Å²) in [7, 11) is 0. The number of phenolic OH excluding ortho intramolecular Hbond substituents is 1. The molecule has 1 aromatic heterocycles. The first kappa shape index (κ1) is 13.2. The van der Waals surface area contributed by atoms with Crippen molar-refractivity contribution in [3.8, 4) is 17.1 Å². The molecule has 20 heavy (non-hydrogen) atoms. The molecule has 0 saturated heterocycles. The van der Waals surface area contributed by atoms with E-state index in [-0.39, 0.29) is 16.9 Å². The first-order chi connectivity index (χ1) is 9.56. The van der Waals surface area contributed by atoms with Crippen LogP contribution in [0.4, 0.5) is 0 Å². The number of phenols is 1. The third-order valence-corrected chi connectivity index (χ3v) is 3.72. The van der Waals surface area contributed by atoms with Crippen LogP contribution in [0.5, 0.6) is 5.75 Å². The lowest BCUT2D eigenvalue weighted by Crippen LogP contribution is -2.00. The molecule has 100 valence electrons. The molecule has 0 spiro atoms. The summed E-state index contributed by atoms with van der Waals surface area (Å²) in [5.41, 5.74) is 0.553. The molecule has 0 fully saturated rings.